The van der Waals surface area contributed by atoms with Crippen molar-refractivity contribution in [2.75, 3.05) is 0 Å². The minimum Gasteiger partial charge on any atom is -0.294 e. The quantitative estimate of drug-likeness (QED) is 0.562. The van der Waals surface area contributed by atoms with E-state index in [1.165, 1.54) is 18.1 Å². The van der Waals surface area contributed by atoms with Crippen molar-refractivity contribution in [3.05, 3.63) is 77.7 Å². The summed E-state index contributed by atoms with van der Waals surface area (Å²) in [4.78, 5) is 20.1. The Bertz CT molecular complexity index is 1020. The number of piperidine rings is 2. The minimum absolute atomic E-state index is 0.0375. The zero-order valence-corrected chi connectivity index (χ0v) is 16.4. The van der Waals surface area contributed by atoms with Gasteiger partial charge >= 0.3 is 0 Å². The van der Waals surface area contributed by atoms with Gasteiger partial charge in [0.15, 0.2) is 5.78 Å². The Balaban J connectivity index is 1.38. The fraction of sp³-hybridized carbons (Fsp3) is 0.360. The first-order valence-corrected chi connectivity index (χ1v) is 10.6. The average molecular weight is 388 g/mol. The maximum atomic E-state index is 14.7. The van der Waals surface area contributed by atoms with Crippen LogP contribution in [0.25, 0.3) is 10.9 Å². The third kappa shape index (κ3) is 3.58. The Labute approximate surface area is 170 Å². The highest BCUT2D eigenvalue weighted by Gasteiger charge is 2.41. The first-order chi connectivity index (χ1) is 14.2. The topological polar surface area (TPSA) is 33.2 Å². The smallest absolute Gasteiger partial charge is 0.169 e. The summed E-state index contributed by atoms with van der Waals surface area (Å²) < 4.78 is 14.7. The molecule has 3 heterocycles. The van der Waals surface area contributed by atoms with Gasteiger partial charge in [-0.05, 0) is 43.4 Å². The van der Waals surface area contributed by atoms with E-state index in [-0.39, 0.29) is 17.3 Å². The summed E-state index contributed by atoms with van der Waals surface area (Å²) in [5.41, 5.74) is 2.14. The van der Waals surface area contributed by atoms with Gasteiger partial charge in [-0.15, -0.1) is 0 Å². The molecule has 0 N–H and O–H groups in total. The lowest BCUT2D eigenvalue weighted by Crippen LogP contribution is -2.52. The molecule has 5 rings (SSSR count). The first-order valence-electron chi connectivity index (χ1n) is 10.6. The predicted molar refractivity (Wildman–Crippen MR) is 112 cm³/mol. The average Bonchev–Trinajstić information content (AvgIpc) is 2.73. The molecule has 2 fully saturated rings. The summed E-state index contributed by atoms with van der Waals surface area (Å²) in [6.07, 6.45) is 6.76. The van der Waals surface area contributed by atoms with Gasteiger partial charge in [0.25, 0.3) is 0 Å². The van der Waals surface area contributed by atoms with Crippen LogP contribution in [0, 0.1) is 11.7 Å². The third-order valence-corrected chi connectivity index (χ3v) is 6.66. The van der Waals surface area contributed by atoms with Crippen molar-refractivity contribution in [2.24, 2.45) is 5.92 Å². The van der Waals surface area contributed by atoms with Crippen molar-refractivity contribution in [3.63, 3.8) is 0 Å². The normalized spacial score (nSPS) is 24.5. The van der Waals surface area contributed by atoms with Crippen molar-refractivity contribution in [1.29, 1.82) is 0 Å². The Morgan fingerprint density at radius 1 is 1.03 bits per heavy atom. The number of carbonyl (C=O) groups is 1. The van der Waals surface area contributed by atoms with Gasteiger partial charge in [-0.2, -0.15) is 0 Å². The van der Waals surface area contributed by atoms with Crippen LogP contribution in [0.5, 0.6) is 0 Å². The van der Waals surface area contributed by atoms with Gasteiger partial charge < -0.3 is 0 Å². The van der Waals surface area contributed by atoms with E-state index < -0.39 is 5.82 Å². The van der Waals surface area contributed by atoms with E-state index >= 15 is 0 Å². The Kier molecular flexibility index (Phi) is 4.88. The van der Waals surface area contributed by atoms with Gasteiger partial charge in [-0.25, -0.2) is 4.39 Å². The molecule has 4 heteroatoms. The van der Waals surface area contributed by atoms with Crippen molar-refractivity contribution < 1.29 is 9.18 Å². The third-order valence-electron chi connectivity index (χ3n) is 6.66. The van der Waals surface area contributed by atoms with Crippen LogP contribution in [0.4, 0.5) is 4.39 Å². The number of halogens is 1. The summed E-state index contributed by atoms with van der Waals surface area (Å²) in [5, 5.41) is 0.818. The number of nitrogens with zero attached hydrogens (tertiary/aromatic N) is 2. The Morgan fingerprint density at radius 2 is 1.79 bits per heavy atom. The van der Waals surface area contributed by atoms with Crippen LogP contribution in [0.15, 0.2) is 60.8 Å². The Morgan fingerprint density at radius 3 is 2.55 bits per heavy atom. The van der Waals surface area contributed by atoms with E-state index in [0.717, 1.165) is 37.6 Å². The number of hydrogen-bond donors (Lipinski definition) is 0. The molecule has 148 valence electrons. The number of carbonyl (C=O) groups excluding carboxylic acids is 1. The van der Waals surface area contributed by atoms with Crippen LogP contribution >= 0.6 is 0 Å². The fourth-order valence-electron chi connectivity index (χ4n) is 5.25. The van der Waals surface area contributed by atoms with Gasteiger partial charge in [0.1, 0.15) is 5.82 Å². The van der Waals surface area contributed by atoms with Gasteiger partial charge in [-0.1, -0.05) is 42.8 Å². The molecule has 2 unspecified atom stereocenters. The maximum absolute atomic E-state index is 14.7. The summed E-state index contributed by atoms with van der Waals surface area (Å²) in [5.74, 6) is -0.580. The number of aromatic nitrogens is 1. The number of rotatable bonds is 4. The lowest BCUT2D eigenvalue weighted by Gasteiger charge is -2.48. The molecule has 2 aromatic carbocycles. The lowest BCUT2D eigenvalue weighted by atomic mass is 9.75. The summed E-state index contributed by atoms with van der Waals surface area (Å²) in [6, 6.07) is 18.2. The van der Waals surface area contributed by atoms with Crippen LogP contribution in [0.1, 0.15) is 48.0 Å². The number of ketones is 1. The van der Waals surface area contributed by atoms with Crippen LogP contribution in [0.2, 0.25) is 0 Å². The molecule has 0 radical (unpaired) electrons. The van der Waals surface area contributed by atoms with Gasteiger partial charge in [0.05, 0.1) is 11.1 Å². The van der Waals surface area contributed by atoms with Crippen LogP contribution in [0.3, 0.4) is 0 Å². The number of Topliss-reactive ketones (excluding diaryl/α,β-unsaturated/α-hetero) is 1. The molecule has 0 spiro atoms. The zero-order valence-electron chi connectivity index (χ0n) is 16.4. The van der Waals surface area contributed by atoms with Gasteiger partial charge in [-0.3, -0.25) is 14.7 Å². The zero-order chi connectivity index (χ0) is 19.8. The SMILES string of the molecule is O=C(c1cc2cccnc2cc1F)C1CC2CCCC(C1)N2Cc1ccccc1. The molecule has 29 heavy (non-hydrogen) atoms. The lowest BCUT2D eigenvalue weighted by molar-refractivity contribution is 0.00895. The molecule has 0 saturated carbocycles. The maximum Gasteiger partial charge on any atom is 0.169 e. The molecule has 3 aromatic rings. The van der Waals surface area contributed by atoms with Crippen molar-refractivity contribution in [2.45, 2.75) is 50.7 Å². The minimum atomic E-state index is -0.446. The second-order valence-corrected chi connectivity index (χ2v) is 8.46. The van der Waals surface area contributed by atoms with Crippen LogP contribution < -0.4 is 0 Å². The van der Waals surface area contributed by atoms with Gasteiger partial charge in [0, 0.05) is 42.2 Å². The number of benzene rings is 2. The van der Waals surface area contributed by atoms with Crippen LogP contribution in [-0.2, 0) is 6.54 Å². The van der Waals surface area contributed by atoms with Crippen molar-refractivity contribution >= 4 is 16.7 Å². The molecule has 1 aromatic heterocycles. The predicted octanol–water partition coefficient (Wildman–Crippen LogP) is 5.39. The molecule has 3 nitrogen and oxygen atoms in total. The van der Waals surface area contributed by atoms with Gasteiger partial charge in [0.2, 0.25) is 0 Å². The molecular formula is C25H25FN2O. The van der Waals surface area contributed by atoms with E-state index in [2.05, 4.69) is 34.1 Å². The van der Waals surface area contributed by atoms with E-state index in [1.807, 2.05) is 18.2 Å². The second kappa shape index (κ2) is 7.68. The fourth-order valence-corrected chi connectivity index (χ4v) is 5.25. The summed E-state index contributed by atoms with van der Waals surface area (Å²) in [7, 11) is 0. The number of fused-ring (bicyclic) bond motifs is 3. The highest BCUT2D eigenvalue weighted by Crippen LogP contribution is 2.39. The highest BCUT2D eigenvalue weighted by atomic mass is 19.1. The van der Waals surface area contributed by atoms with Crippen molar-refractivity contribution in [1.82, 2.24) is 9.88 Å². The van der Waals surface area contributed by atoms with E-state index in [0.29, 0.717) is 17.6 Å². The summed E-state index contributed by atoms with van der Waals surface area (Å²) >= 11 is 0. The molecule has 2 bridgehead atoms. The largest absolute Gasteiger partial charge is 0.294 e. The van der Waals surface area contributed by atoms with Crippen LogP contribution in [-0.4, -0.2) is 27.8 Å². The molecule has 2 saturated heterocycles. The van der Waals surface area contributed by atoms with E-state index in [1.54, 1.807) is 12.3 Å². The molecule has 2 aliphatic heterocycles. The Hall–Kier alpha value is -2.59. The number of pyridine rings is 1. The monoisotopic (exact) mass is 388 g/mol. The molecule has 2 aliphatic rings. The second-order valence-electron chi connectivity index (χ2n) is 8.46. The summed E-state index contributed by atoms with van der Waals surface area (Å²) in [6.45, 7) is 0.938. The molecule has 0 amide bonds. The molecule has 2 atom stereocenters. The highest BCUT2D eigenvalue weighted by molar-refractivity contribution is 6.01. The number of hydrogen-bond acceptors (Lipinski definition) is 3. The standard InChI is InChI=1S/C25H25FN2O/c26-23-15-24-18(8-5-11-27-24)14-22(23)25(29)19-12-20-9-4-10-21(13-19)28(20)16-17-6-2-1-3-7-17/h1-3,5-8,11,14-15,19-21H,4,9-10,12-13,16H2. The van der Waals surface area contributed by atoms with Crippen molar-refractivity contribution in [3.8, 4) is 0 Å². The first kappa shape index (κ1) is 18.4. The van der Waals surface area contributed by atoms with E-state index in [9.17, 15) is 9.18 Å². The van der Waals surface area contributed by atoms with E-state index in [4.69, 9.17) is 0 Å². The molecule has 0 aliphatic carbocycles. The molecular weight excluding hydrogens is 363 g/mol.